The average molecular weight is 319 g/mol. The summed E-state index contributed by atoms with van der Waals surface area (Å²) in [6.45, 7) is 0.888. The average Bonchev–Trinajstić information content (AvgIpc) is 2.55. The molecule has 2 rings (SSSR count). The maximum Gasteiger partial charge on any atom is 0.146 e. The molecule has 2 aromatic carbocycles. The summed E-state index contributed by atoms with van der Waals surface area (Å²) in [6, 6.07) is 14.0. The van der Waals surface area contributed by atoms with E-state index in [1.807, 2.05) is 24.3 Å². The van der Waals surface area contributed by atoms with E-state index in [1.165, 1.54) is 6.07 Å². The molecule has 4 nitrogen and oxygen atoms in total. The molecule has 0 bridgehead atoms. The number of anilines is 1. The Morgan fingerprint density at radius 3 is 2.48 bits per heavy atom. The van der Waals surface area contributed by atoms with E-state index in [-0.39, 0.29) is 12.4 Å². The Bertz CT molecular complexity index is 603. The number of hydrogen-bond donors (Lipinski definition) is 1. The largest absolute Gasteiger partial charge is 0.497 e. The highest BCUT2D eigenvalue weighted by atomic mass is 19.1. The van der Waals surface area contributed by atoms with Gasteiger partial charge in [0.25, 0.3) is 0 Å². The quantitative estimate of drug-likeness (QED) is 0.812. The second-order valence-corrected chi connectivity index (χ2v) is 5.35. The maximum atomic E-state index is 13.7. The standard InChI is InChI=1S/C18H22FNO3/c1-20(18-6-4-3-5-17(18)19)11-15(21)13-23-12-14-7-9-16(22-2)10-8-14/h3-10,15,21H,11-13H2,1-2H3. The topological polar surface area (TPSA) is 41.9 Å². The molecule has 0 aliphatic carbocycles. The van der Waals surface area contributed by atoms with Crippen LogP contribution in [0.3, 0.4) is 0 Å². The Balaban J connectivity index is 1.76. The second-order valence-electron chi connectivity index (χ2n) is 5.35. The van der Waals surface area contributed by atoms with Crippen molar-refractivity contribution in [3.63, 3.8) is 0 Å². The summed E-state index contributed by atoms with van der Waals surface area (Å²) in [5.74, 6) is 0.488. The fourth-order valence-electron chi connectivity index (χ4n) is 2.26. The first-order valence-electron chi connectivity index (χ1n) is 7.44. The number of likely N-dealkylation sites (N-methyl/N-ethyl adjacent to an activating group) is 1. The molecule has 0 radical (unpaired) electrons. The number of aliphatic hydroxyl groups is 1. The summed E-state index contributed by atoms with van der Waals surface area (Å²) in [4.78, 5) is 1.68. The number of rotatable bonds is 8. The van der Waals surface area contributed by atoms with E-state index in [2.05, 4.69) is 0 Å². The maximum absolute atomic E-state index is 13.7. The van der Waals surface area contributed by atoms with Gasteiger partial charge in [0, 0.05) is 13.6 Å². The molecule has 0 aliphatic rings. The molecule has 0 heterocycles. The van der Waals surface area contributed by atoms with E-state index in [0.717, 1.165) is 11.3 Å². The second kappa shape index (κ2) is 8.50. The van der Waals surface area contributed by atoms with Crippen LogP contribution < -0.4 is 9.64 Å². The lowest BCUT2D eigenvalue weighted by Gasteiger charge is -2.23. The third-order valence-electron chi connectivity index (χ3n) is 3.49. The van der Waals surface area contributed by atoms with Crippen LogP contribution in [0.25, 0.3) is 0 Å². The van der Waals surface area contributed by atoms with Gasteiger partial charge >= 0.3 is 0 Å². The minimum Gasteiger partial charge on any atom is -0.497 e. The number of benzene rings is 2. The van der Waals surface area contributed by atoms with E-state index < -0.39 is 6.10 Å². The molecular weight excluding hydrogens is 297 g/mol. The van der Waals surface area contributed by atoms with Gasteiger partial charge in [0.15, 0.2) is 0 Å². The zero-order valence-corrected chi connectivity index (χ0v) is 13.4. The van der Waals surface area contributed by atoms with Crippen molar-refractivity contribution in [2.45, 2.75) is 12.7 Å². The summed E-state index contributed by atoms with van der Waals surface area (Å²) in [6.07, 6.45) is -0.696. The number of para-hydroxylation sites is 1. The lowest BCUT2D eigenvalue weighted by molar-refractivity contribution is 0.0324. The first-order valence-corrected chi connectivity index (χ1v) is 7.44. The van der Waals surface area contributed by atoms with E-state index in [4.69, 9.17) is 9.47 Å². The third kappa shape index (κ3) is 5.23. The van der Waals surface area contributed by atoms with Crippen LogP contribution in [0.5, 0.6) is 5.75 Å². The Morgan fingerprint density at radius 1 is 1.13 bits per heavy atom. The van der Waals surface area contributed by atoms with Crippen molar-refractivity contribution in [2.24, 2.45) is 0 Å². The van der Waals surface area contributed by atoms with Crippen LogP contribution in [0.2, 0.25) is 0 Å². The fraction of sp³-hybridized carbons (Fsp3) is 0.333. The van der Waals surface area contributed by atoms with Crippen molar-refractivity contribution in [2.75, 3.05) is 32.2 Å². The van der Waals surface area contributed by atoms with Gasteiger partial charge in [-0.15, -0.1) is 0 Å². The van der Waals surface area contributed by atoms with Gasteiger partial charge in [-0.1, -0.05) is 24.3 Å². The first kappa shape index (κ1) is 17.2. The first-order chi connectivity index (χ1) is 11.1. The number of halogens is 1. The molecule has 0 saturated carbocycles. The minimum absolute atomic E-state index is 0.185. The van der Waals surface area contributed by atoms with Crippen molar-refractivity contribution in [3.8, 4) is 5.75 Å². The number of ether oxygens (including phenoxy) is 2. The van der Waals surface area contributed by atoms with Gasteiger partial charge in [0.05, 0.1) is 32.1 Å². The van der Waals surface area contributed by atoms with Crippen molar-refractivity contribution in [1.82, 2.24) is 0 Å². The molecule has 1 atom stereocenters. The zero-order valence-electron chi connectivity index (χ0n) is 13.4. The van der Waals surface area contributed by atoms with Crippen molar-refractivity contribution >= 4 is 5.69 Å². The molecular formula is C18H22FNO3. The molecule has 0 saturated heterocycles. The van der Waals surface area contributed by atoms with Gasteiger partial charge in [0.2, 0.25) is 0 Å². The van der Waals surface area contributed by atoms with Crippen molar-refractivity contribution < 1.29 is 19.0 Å². The monoisotopic (exact) mass is 319 g/mol. The van der Waals surface area contributed by atoms with Crippen molar-refractivity contribution in [1.29, 1.82) is 0 Å². The molecule has 0 spiro atoms. The van der Waals surface area contributed by atoms with Crippen LogP contribution in [-0.4, -0.2) is 38.5 Å². The number of nitrogens with zero attached hydrogens (tertiary/aromatic N) is 1. The summed E-state index contributed by atoms with van der Waals surface area (Å²) in [7, 11) is 3.36. The molecule has 2 aromatic rings. The highest BCUT2D eigenvalue weighted by molar-refractivity contribution is 5.46. The lowest BCUT2D eigenvalue weighted by atomic mass is 10.2. The normalized spacial score (nSPS) is 12.0. The van der Waals surface area contributed by atoms with E-state index in [0.29, 0.717) is 18.8 Å². The van der Waals surface area contributed by atoms with Gasteiger partial charge < -0.3 is 19.5 Å². The Morgan fingerprint density at radius 2 is 1.83 bits per heavy atom. The summed E-state index contributed by atoms with van der Waals surface area (Å²) >= 11 is 0. The van der Waals surface area contributed by atoms with E-state index >= 15 is 0 Å². The van der Waals surface area contributed by atoms with Crippen molar-refractivity contribution in [3.05, 3.63) is 59.9 Å². The molecule has 0 aromatic heterocycles. The SMILES string of the molecule is COc1ccc(COCC(O)CN(C)c2ccccc2F)cc1. The molecule has 0 amide bonds. The smallest absolute Gasteiger partial charge is 0.146 e. The molecule has 1 N–H and O–H groups in total. The Kier molecular flexibility index (Phi) is 6.38. The molecule has 124 valence electrons. The van der Waals surface area contributed by atoms with Crippen LogP contribution in [0.1, 0.15) is 5.56 Å². The summed E-state index contributed by atoms with van der Waals surface area (Å²) in [5.41, 5.74) is 1.46. The zero-order chi connectivity index (χ0) is 16.7. The van der Waals surface area contributed by atoms with E-state index in [9.17, 15) is 9.50 Å². The molecule has 23 heavy (non-hydrogen) atoms. The van der Waals surface area contributed by atoms with Crippen LogP contribution in [0.15, 0.2) is 48.5 Å². The molecule has 5 heteroatoms. The fourth-order valence-corrected chi connectivity index (χ4v) is 2.26. The molecule has 1 unspecified atom stereocenters. The molecule has 0 aliphatic heterocycles. The predicted molar refractivity (Wildman–Crippen MR) is 88.3 cm³/mol. The van der Waals surface area contributed by atoms with Gasteiger partial charge in [-0.3, -0.25) is 0 Å². The number of aliphatic hydroxyl groups excluding tert-OH is 1. The van der Waals surface area contributed by atoms with Gasteiger partial charge in [-0.25, -0.2) is 4.39 Å². The van der Waals surface area contributed by atoms with Gasteiger partial charge in [-0.2, -0.15) is 0 Å². The van der Waals surface area contributed by atoms with E-state index in [1.54, 1.807) is 37.3 Å². The minimum atomic E-state index is -0.696. The highest BCUT2D eigenvalue weighted by Gasteiger charge is 2.12. The number of hydrogen-bond acceptors (Lipinski definition) is 4. The lowest BCUT2D eigenvalue weighted by Crippen LogP contribution is -2.32. The van der Waals surface area contributed by atoms with Crippen LogP contribution in [0, 0.1) is 5.82 Å². The van der Waals surface area contributed by atoms with Gasteiger partial charge in [-0.05, 0) is 29.8 Å². The predicted octanol–water partition coefficient (Wildman–Crippen LogP) is 2.85. The highest BCUT2D eigenvalue weighted by Crippen LogP contribution is 2.17. The Hall–Kier alpha value is -2.11. The third-order valence-corrected chi connectivity index (χ3v) is 3.49. The number of methoxy groups -OCH3 is 1. The Labute approximate surface area is 136 Å². The summed E-state index contributed by atoms with van der Waals surface area (Å²) in [5, 5.41) is 10.0. The van der Waals surface area contributed by atoms with Crippen LogP contribution in [-0.2, 0) is 11.3 Å². The molecule has 0 fully saturated rings. The van der Waals surface area contributed by atoms with Crippen LogP contribution >= 0.6 is 0 Å². The summed E-state index contributed by atoms with van der Waals surface area (Å²) < 4.78 is 24.3. The van der Waals surface area contributed by atoms with Gasteiger partial charge in [0.1, 0.15) is 11.6 Å². The van der Waals surface area contributed by atoms with Crippen LogP contribution in [0.4, 0.5) is 10.1 Å².